The first-order valence-electron chi connectivity index (χ1n) is 6.80. The summed E-state index contributed by atoms with van der Waals surface area (Å²) in [6, 6.07) is 13.3. The number of rotatable bonds is 3. The van der Waals surface area contributed by atoms with E-state index in [4.69, 9.17) is 0 Å². The first-order chi connectivity index (χ1) is 9.61. The van der Waals surface area contributed by atoms with Gasteiger partial charge in [0.25, 0.3) is 0 Å². The smallest absolute Gasteiger partial charge is 0.0813 e. The van der Waals surface area contributed by atoms with Gasteiger partial charge in [-0.2, -0.15) is 0 Å². The second-order valence-corrected chi connectivity index (χ2v) is 6.21. The van der Waals surface area contributed by atoms with Crippen LogP contribution in [0.15, 0.2) is 41.9 Å². The van der Waals surface area contributed by atoms with E-state index in [1.165, 1.54) is 21.4 Å². The lowest BCUT2D eigenvalue weighted by atomic mass is 10.0. The summed E-state index contributed by atoms with van der Waals surface area (Å²) >= 11 is 1.68. The quantitative estimate of drug-likeness (QED) is 0.724. The molecule has 0 amide bonds. The molecule has 2 aromatic carbocycles. The van der Waals surface area contributed by atoms with Gasteiger partial charge in [-0.1, -0.05) is 29.3 Å². The standard InChI is InChI=1S/C17H18N2S/c1-11-6-12(2)8-14(7-11)13(3)19-15-4-5-16-17(9-15)20-10-18-16/h4-10,13,19H,1-3H3. The van der Waals surface area contributed by atoms with E-state index in [0.717, 1.165) is 11.2 Å². The molecule has 3 rings (SSSR count). The van der Waals surface area contributed by atoms with Gasteiger partial charge in [0, 0.05) is 11.7 Å². The van der Waals surface area contributed by atoms with Gasteiger partial charge in [-0.05, 0) is 44.5 Å². The predicted octanol–water partition coefficient (Wildman–Crippen LogP) is 5.09. The minimum atomic E-state index is 0.291. The molecule has 0 spiro atoms. The Bertz CT molecular complexity index is 725. The molecule has 0 bridgehead atoms. The van der Waals surface area contributed by atoms with E-state index in [1.807, 2.05) is 5.51 Å². The maximum atomic E-state index is 4.31. The first-order valence-corrected chi connectivity index (χ1v) is 7.68. The van der Waals surface area contributed by atoms with Gasteiger partial charge in [0.2, 0.25) is 0 Å². The number of aryl methyl sites for hydroxylation is 2. The number of benzene rings is 2. The van der Waals surface area contributed by atoms with E-state index in [0.29, 0.717) is 6.04 Å². The summed E-state index contributed by atoms with van der Waals surface area (Å²) in [5, 5.41) is 3.57. The molecular weight excluding hydrogens is 264 g/mol. The molecule has 0 fully saturated rings. The van der Waals surface area contributed by atoms with Crippen molar-refractivity contribution in [3.63, 3.8) is 0 Å². The van der Waals surface area contributed by atoms with Crippen LogP contribution < -0.4 is 5.32 Å². The molecule has 0 aliphatic heterocycles. The molecule has 3 aromatic rings. The van der Waals surface area contributed by atoms with Crippen molar-refractivity contribution in [2.24, 2.45) is 0 Å². The van der Waals surface area contributed by atoms with Gasteiger partial charge in [-0.3, -0.25) is 0 Å². The zero-order chi connectivity index (χ0) is 14.1. The molecule has 0 aliphatic carbocycles. The molecule has 1 unspecified atom stereocenters. The summed E-state index contributed by atoms with van der Waals surface area (Å²) in [5.74, 6) is 0. The van der Waals surface area contributed by atoms with Crippen LogP contribution in [-0.2, 0) is 0 Å². The highest BCUT2D eigenvalue weighted by Gasteiger charge is 2.07. The van der Waals surface area contributed by atoms with Crippen molar-refractivity contribution in [2.45, 2.75) is 26.8 Å². The van der Waals surface area contributed by atoms with Gasteiger partial charge in [0.05, 0.1) is 15.7 Å². The van der Waals surface area contributed by atoms with Crippen LogP contribution in [0, 0.1) is 13.8 Å². The third-order valence-corrected chi connectivity index (χ3v) is 4.25. The van der Waals surface area contributed by atoms with Crippen molar-refractivity contribution in [1.82, 2.24) is 4.98 Å². The van der Waals surface area contributed by atoms with Gasteiger partial charge in [0.1, 0.15) is 0 Å². The van der Waals surface area contributed by atoms with E-state index in [2.05, 4.69) is 67.5 Å². The molecule has 0 aliphatic rings. The summed E-state index contributed by atoms with van der Waals surface area (Å²) in [4.78, 5) is 4.31. The molecule has 1 atom stereocenters. The SMILES string of the molecule is Cc1cc(C)cc(C(C)Nc2ccc3ncsc3c2)c1. The fourth-order valence-corrected chi connectivity index (χ4v) is 3.25. The Morgan fingerprint density at radius 3 is 2.55 bits per heavy atom. The first kappa shape index (κ1) is 13.1. The maximum Gasteiger partial charge on any atom is 0.0813 e. The Hall–Kier alpha value is -1.87. The monoisotopic (exact) mass is 282 g/mol. The van der Waals surface area contributed by atoms with Gasteiger partial charge < -0.3 is 5.32 Å². The second kappa shape index (κ2) is 5.25. The number of nitrogens with zero attached hydrogens (tertiary/aromatic N) is 1. The highest BCUT2D eigenvalue weighted by molar-refractivity contribution is 7.16. The Kier molecular flexibility index (Phi) is 3.45. The molecule has 20 heavy (non-hydrogen) atoms. The highest BCUT2D eigenvalue weighted by Crippen LogP contribution is 2.25. The summed E-state index contributed by atoms with van der Waals surface area (Å²) in [7, 11) is 0. The number of hydrogen-bond acceptors (Lipinski definition) is 3. The van der Waals surface area contributed by atoms with E-state index in [-0.39, 0.29) is 0 Å². The molecule has 0 saturated carbocycles. The van der Waals surface area contributed by atoms with Crippen LogP contribution in [0.25, 0.3) is 10.2 Å². The average molecular weight is 282 g/mol. The Balaban J connectivity index is 1.85. The molecule has 102 valence electrons. The largest absolute Gasteiger partial charge is 0.378 e. The van der Waals surface area contributed by atoms with Crippen molar-refractivity contribution < 1.29 is 0 Å². The van der Waals surface area contributed by atoms with Gasteiger partial charge >= 0.3 is 0 Å². The zero-order valence-corrected chi connectivity index (χ0v) is 12.8. The Morgan fingerprint density at radius 2 is 1.80 bits per heavy atom. The Labute approximate surface area is 123 Å². The number of anilines is 1. The molecular formula is C17H18N2S. The predicted molar refractivity (Wildman–Crippen MR) is 87.6 cm³/mol. The average Bonchev–Trinajstić information content (AvgIpc) is 2.85. The molecule has 2 nitrogen and oxygen atoms in total. The van der Waals surface area contributed by atoms with Crippen molar-refractivity contribution in [2.75, 3.05) is 5.32 Å². The van der Waals surface area contributed by atoms with E-state index in [9.17, 15) is 0 Å². The number of thiazole rings is 1. The minimum absolute atomic E-state index is 0.291. The number of aromatic nitrogens is 1. The van der Waals surface area contributed by atoms with Gasteiger partial charge in [0.15, 0.2) is 0 Å². The number of hydrogen-bond donors (Lipinski definition) is 1. The third-order valence-electron chi connectivity index (χ3n) is 3.46. The molecule has 1 heterocycles. The lowest BCUT2D eigenvalue weighted by Gasteiger charge is -2.17. The van der Waals surface area contributed by atoms with Gasteiger partial charge in [-0.15, -0.1) is 11.3 Å². The molecule has 1 aromatic heterocycles. The third kappa shape index (κ3) is 2.68. The minimum Gasteiger partial charge on any atom is -0.378 e. The summed E-state index contributed by atoms with van der Waals surface area (Å²) in [6.07, 6.45) is 0. The topological polar surface area (TPSA) is 24.9 Å². The van der Waals surface area contributed by atoms with Crippen molar-refractivity contribution in [3.05, 3.63) is 58.6 Å². The summed E-state index contributed by atoms with van der Waals surface area (Å²) in [5.41, 5.74) is 8.06. The van der Waals surface area contributed by atoms with Crippen LogP contribution in [0.4, 0.5) is 5.69 Å². The van der Waals surface area contributed by atoms with Crippen LogP contribution in [0.5, 0.6) is 0 Å². The van der Waals surface area contributed by atoms with Crippen molar-refractivity contribution in [3.8, 4) is 0 Å². The van der Waals surface area contributed by atoms with Gasteiger partial charge in [-0.25, -0.2) is 4.98 Å². The van der Waals surface area contributed by atoms with E-state index < -0.39 is 0 Å². The maximum absolute atomic E-state index is 4.31. The summed E-state index contributed by atoms with van der Waals surface area (Å²) in [6.45, 7) is 6.49. The lowest BCUT2D eigenvalue weighted by molar-refractivity contribution is 0.881. The van der Waals surface area contributed by atoms with Crippen LogP contribution in [-0.4, -0.2) is 4.98 Å². The van der Waals surface area contributed by atoms with Crippen LogP contribution in [0.1, 0.15) is 29.7 Å². The lowest BCUT2D eigenvalue weighted by Crippen LogP contribution is -2.07. The normalized spacial score (nSPS) is 12.6. The highest BCUT2D eigenvalue weighted by atomic mass is 32.1. The second-order valence-electron chi connectivity index (χ2n) is 5.32. The van der Waals surface area contributed by atoms with E-state index >= 15 is 0 Å². The molecule has 1 N–H and O–H groups in total. The summed E-state index contributed by atoms with van der Waals surface area (Å²) < 4.78 is 1.22. The van der Waals surface area contributed by atoms with Crippen LogP contribution in [0.2, 0.25) is 0 Å². The van der Waals surface area contributed by atoms with E-state index in [1.54, 1.807) is 11.3 Å². The number of nitrogens with one attached hydrogen (secondary N) is 1. The fraction of sp³-hybridized carbons (Fsp3) is 0.235. The van der Waals surface area contributed by atoms with Crippen LogP contribution >= 0.6 is 11.3 Å². The number of fused-ring (bicyclic) bond motifs is 1. The van der Waals surface area contributed by atoms with Crippen LogP contribution in [0.3, 0.4) is 0 Å². The Morgan fingerprint density at radius 1 is 1.05 bits per heavy atom. The fourth-order valence-electron chi connectivity index (χ4n) is 2.54. The molecule has 3 heteroatoms. The van der Waals surface area contributed by atoms with Crippen molar-refractivity contribution in [1.29, 1.82) is 0 Å². The molecule has 0 saturated heterocycles. The van der Waals surface area contributed by atoms with Crippen molar-refractivity contribution >= 4 is 27.2 Å². The molecule has 0 radical (unpaired) electrons. The zero-order valence-electron chi connectivity index (χ0n) is 12.0.